The van der Waals surface area contributed by atoms with Crippen LogP contribution in [0.1, 0.15) is 11.1 Å². The third kappa shape index (κ3) is 2.73. The Bertz CT molecular complexity index is 1240. The quantitative estimate of drug-likeness (QED) is 0.522. The van der Waals surface area contributed by atoms with Crippen LogP contribution in [0.5, 0.6) is 0 Å². The summed E-state index contributed by atoms with van der Waals surface area (Å²) < 4.78 is 14.4. The van der Waals surface area contributed by atoms with Crippen LogP contribution in [0.2, 0.25) is 0 Å². The molecule has 5 rings (SSSR count). The molecule has 136 valence electrons. The Labute approximate surface area is 161 Å². The van der Waals surface area contributed by atoms with Crippen molar-refractivity contribution >= 4 is 17.1 Å². The van der Waals surface area contributed by atoms with Gasteiger partial charge in [0.1, 0.15) is 5.82 Å². The van der Waals surface area contributed by atoms with Crippen molar-refractivity contribution in [3.8, 4) is 22.4 Å². The molecule has 0 bridgehead atoms. The first-order valence-corrected chi connectivity index (χ1v) is 8.97. The zero-order chi connectivity index (χ0) is 19.1. The van der Waals surface area contributed by atoms with Gasteiger partial charge in [0.25, 0.3) is 0 Å². The highest BCUT2D eigenvalue weighted by molar-refractivity contribution is 5.97. The minimum Gasteiger partial charge on any atom is -0.289 e. The maximum Gasteiger partial charge on any atom is 0.160 e. The molecule has 0 fully saturated rings. The van der Waals surface area contributed by atoms with E-state index in [0.717, 1.165) is 32.7 Å². The van der Waals surface area contributed by atoms with Crippen LogP contribution in [0.3, 0.4) is 0 Å². The van der Waals surface area contributed by atoms with E-state index in [1.54, 1.807) is 30.6 Å². The maximum atomic E-state index is 14.4. The molecular weight excluding hydrogens is 353 g/mol. The van der Waals surface area contributed by atoms with Gasteiger partial charge in [-0.3, -0.25) is 10.3 Å². The lowest BCUT2D eigenvalue weighted by Crippen LogP contribution is -2.15. The van der Waals surface area contributed by atoms with E-state index in [9.17, 15) is 9.60 Å². The number of hydroxylamine groups is 2. The van der Waals surface area contributed by atoms with E-state index in [1.165, 1.54) is 6.07 Å². The highest BCUT2D eigenvalue weighted by Crippen LogP contribution is 2.36. The first-order valence-electron chi connectivity index (χ1n) is 8.97. The normalized spacial score (nSPS) is 13.0. The summed E-state index contributed by atoms with van der Waals surface area (Å²) in [6, 6.07) is 18.4. The molecule has 1 aliphatic rings. The number of halogens is 1. The Kier molecular flexibility index (Phi) is 3.88. The lowest BCUT2D eigenvalue weighted by atomic mass is 9.91. The molecule has 0 saturated heterocycles. The topological polar surface area (TPSA) is 49.2 Å². The van der Waals surface area contributed by atoms with Crippen LogP contribution in [-0.2, 0) is 6.54 Å². The van der Waals surface area contributed by atoms with Gasteiger partial charge in [-0.2, -0.15) is 0 Å². The number of pyridine rings is 2. The van der Waals surface area contributed by atoms with Crippen LogP contribution < -0.4 is 0 Å². The molecule has 0 atom stereocenters. The molecule has 3 heterocycles. The molecule has 0 aliphatic carbocycles. The number of fused-ring (bicyclic) bond motifs is 2. The smallest absolute Gasteiger partial charge is 0.160 e. The summed E-state index contributed by atoms with van der Waals surface area (Å²) >= 11 is 0. The second-order valence-corrected chi connectivity index (χ2v) is 6.70. The van der Waals surface area contributed by atoms with E-state index in [-0.39, 0.29) is 5.82 Å². The van der Waals surface area contributed by atoms with E-state index >= 15 is 0 Å². The average Bonchev–Trinajstić information content (AvgIpc) is 2.72. The molecular formula is C23H16FN3O. The minimum atomic E-state index is -0.317. The van der Waals surface area contributed by atoms with Crippen LogP contribution in [0.25, 0.3) is 39.5 Å². The summed E-state index contributed by atoms with van der Waals surface area (Å²) in [5.74, 6) is -0.317. The van der Waals surface area contributed by atoms with E-state index in [1.807, 2.05) is 42.5 Å². The molecule has 4 aromatic rings. The maximum absolute atomic E-state index is 14.4. The van der Waals surface area contributed by atoms with Gasteiger partial charge in [0.05, 0.1) is 12.2 Å². The molecule has 1 aliphatic heterocycles. The fourth-order valence-electron chi connectivity index (χ4n) is 3.66. The second-order valence-electron chi connectivity index (χ2n) is 6.70. The molecule has 0 radical (unpaired) electrons. The molecule has 1 N–H and O–H groups in total. The van der Waals surface area contributed by atoms with Crippen molar-refractivity contribution in [1.82, 2.24) is 15.0 Å². The van der Waals surface area contributed by atoms with Gasteiger partial charge < -0.3 is 0 Å². The van der Waals surface area contributed by atoms with Gasteiger partial charge in [-0.05, 0) is 58.7 Å². The Morgan fingerprint density at radius 2 is 1.79 bits per heavy atom. The summed E-state index contributed by atoms with van der Waals surface area (Å²) in [6.45, 7) is 0.418. The Morgan fingerprint density at radius 1 is 0.929 bits per heavy atom. The van der Waals surface area contributed by atoms with Crippen LogP contribution in [0.15, 0.2) is 73.1 Å². The van der Waals surface area contributed by atoms with E-state index in [0.29, 0.717) is 23.4 Å². The van der Waals surface area contributed by atoms with Gasteiger partial charge >= 0.3 is 0 Å². The highest BCUT2D eigenvalue weighted by Gasteiger charge is 2.17. The van der Waals surface area contributed by atoms with Gasteiger partial charge in [-0.15, -0.1) is 0 Å². The van der Waals surface area contributed by atoms with Crippen molar-refractivity contribution in [1.29, 1.82) is 0 Å². The Balaban J connectivity index is 1.81. The Morgan fingerprint density at radius 3 is 2.68 bits per heavy atom. The molecule has 0 spiro atoms. The zero-order valence-electron chi connectivity index (χ0n) is 14.9. The summed E-state index contributed by atoms with van der Waals surface area (Å²) in [5, 5.41) is 11.9. The lowest BCUT2D eigenvalue weighted by Gasteiger charge is -2.22. The first-order chi connectivity index (χ1) is 13.7. The predicted molar refractivity (Wildman–Crippen MR) is 107 cm³/mol. The van der Waals surface area contributed by atoms with Gasteiger partial charge in [-0.25, -0.2) is 14.4 Å². The molecule has 2 aromatic heterocycles. The van der Waals surface area contributed by atoms with Gasteiger partial charge in [-0.1, -0.05) is 30.3 Å². The molecule has 2 aromatic carbocycles. The third-order valence-electron chi connectivity index (χ3n) is 4.97. The number of benzene rings is 2. The van der Waals surface area contributed by atoms with Crippen molar-refractivity contribution in [2.24, 2.45) is 0 Å². The summed E-state index contributed by atoms with van der Waals surface area (Å²) in [4.78, 5) is 9.01. The number of hydrogen-bond donors (Lipinski definition) is 1. The molecule has 5 heteroatoms. The highest BCUT2D eigenvalue weighted by atomic mass is 19.1. The van der Waals surface area contributed by atoms with Crippen molar-refractivity contribution in [3.05, 3.63) is 90.0 Å². The second kappa shape index (κ2) is 6.55. The molecule has 4 nitrogen and oxygen atoms in total. The first kappa shape index (κ1) is 16.6. The molecule has 0 unspecified atom stereocenters. The van der Waals surface area contributed by atoms with E-state index < -0.39 is 0 Å². The summed E-state index contributed by atoms with van der Waals surface area (Å²) in [7, 11) is 0. The van der Waals surface area contributed by atoms with Crippen LogP contribution in [0, 0.1) is 5.82 Å². The molecule has 28 heavy (non-hydrogen) atoms. The van der Waals surface area contributed by atoms with Crippen LogP contribution >= 0.6 is 0 Å². The fraction of sp³-hybridized carbons (Fsp3) is 0.0435. The SMILES string of the molecule is ON1C=Cc2c(cccc2-c2cc(-c3ccccc3F)nc3ncccc23)C1. The molecule has 0 saturated carbocycles. The number of hydrogen-bond acceptors (Lipinski definition) is 4. The van der Waals surface area contributed by atoms with Crippen molar-refractivity contribution in [2.75, 3.05) is 0 Å². The largest absolute Gasteiger partial charge is 0.289 e. The number of aromatic nitrogens is 2. The predicted octanol–water partition coefficient (Wildman–Crippen LogP) is 5.28. The lowest BCUT2D eigenvalue weighted by molar-refractivity contribution is -0.0494. The van der Waals surface area contributed by atoms with Gasteiger partial charge in [0, 0.05) is 23.3 Å². The number of rotatable bonds is 2. The van der Waals surface area contributed by atoms with Crippen molar-refractivity contribution in [3.63, 3.8) is 0 Å². The van der Waals surface area contributed by atoms with Crippen LogP contribution in [0.4, 0.5) is 4.39 Å². The molecule has 0 amide bonds. The summed E-state index contributed by atoms with van der Waals surface area (Å²) in [6.07, 6.45) is 5.22. The van der Waals surface area contributed by atoms with Gasteiger partial charge in [0.15, 0.2) is 5.65 Å². The standard InChI is InChI=1S/C23H16FN3O/c24-21-9-2-1-6-19(21)22-13-20(18-8-4-11-25-23(18)26-22)17-7-3-5-15-14-27(28)12-10-16(15)17/h1-13,28H,14H2. The van der Waals surface area contributed by atoms with Gasteiger partial charge in [0.2, 0.25) is 0 Å². The minimum absolute atomic E-state index is 0.317. The number of nitrogens with zero attached hydrogens (tertiary/aromatic N) is 3. The van der Waals surface area contributed by atoms with Crippen molar-refractivity contribution in [2.45, 2.75) is 6.54 Å². The van der Waals surface area contributed by atoms with E-state index in [4.69, 9.17) is 0 Å². The van der Waals surface area contributed by atoms with Crippen molar-refractivity contribution < 1.29 is 9.60 Å². The summed E-state index contributed by atoms with van der Waals surface area (Å²) in [5.41, 5.74) is 5.54. The third-order valence-corrected chi connectivity index (χ3v) is 4.97. The van der Waals surface area contributed by atoms with Crippen LogP contribution in [-0.4, -0.2) is 20.2 Å². The zero-order valence-corrected chi connectivity index (χ0v) is 14.9. The fourth-order valence-corrected chi connectivity index (χ4v) is 3.66. The Hall–Kier alpha value is -3.57. The average molecular weight is 369 g/mol. The monoisotopic (exact) mass is 369 g/mol. The van der Waals surface area contributed by atoms with E-state index in [2.05, 4.69) is 9.97 Å².